The summed E-state index contributed by atoms with van der Waals surface area (Å²) in [5, 5.41) is 3.41. The molecule has 0 aliphatic carbocycles. The summed E-state index contributed by atoms with van der Waals surface area (Å²) in [6, 6.07) is 4.33. The third-order valence-electron chi connectivity index (χ3n) is 1.83. The van der Waals surface area contributed by atoms with Crippen LogP contribution in [0.25, 0.3) is 10.1 Å². The molecule has 0 fully saturated rings. The molecule has 1 aromatic carbocycles. The van der Waals surface area contributed by atoms with E-state index in [4.69, 9.17) is 0 Å². The second kappa shape index (κ2) is 4.00. The van der Waals surface area contributed by atoms with Crippen LogP contribution in [0.2, 0.25) is 0 Å². The van der Waals surface area contributed by atoms with Crippen LogP contribution < -0.4 is 0 Å². The first-order chi connectivity index (χ1) is 6.24. The van der Waals surface area contributed by atoms with E-state index in [2.05, 4.69) is 59.0 Å². The minimum Gasteiger partial charge on any atom is -0.143 e. The molecule has 0 spiro atoms. The van der Waals surface area contributed by atoms with Crippen molar-refractivity contribution in [1.82, 2.24) is 0 Å². The molecule has 13 heavy (non-hydrogen) atoms. The number of thiophene rings is 1. The Labute approximate surface area is 105 Å². The van der Waals surface area contributed by atoms with Gasteiger partial charge in [0.2, 0.25) is 0 Å². The maximum atomic E-state index is 4.47. The molecule has 1 heterocycles. The molecule has 0 saturated heterocycles. The number of benzene rings is 1. The predicted octanol–water partition coefficient (Wildman–Crippen LogP) is 4.52. The van der Waals surface area contributed by atoms with Crippen LogP contribution in [0.3, 0.4) is 0 Å². The van der Waals surface area contributed by atoms with Crippen molar-refractivity contribution in [1.29, 1.82) is 0 Å². The lowest BCUT2D eigenvalue weighted by Crippen LogP contribution is -1.78. The third-order valence-corrected chi connectivity index (χ3v) is 5.40. The standard InChI is InChI=1S/C9H7IS3/c1-12-9-5(10)2-3-7-8(9)6(11)4-13-7/h2-4,11H,1H3. The maximum Gasteiger partial charge on any atom is 0.0366 e. The number of rotatable bonds is 1. The van der Waals surface area contributed by atoms with Crippen LogP contribution in [0.5, 0.6) is 0 Å². The van der Waals surface area contributed by atoms with Crippen LogP contribution in [-0.2, 0) is 0 Å². The summed E-state index contributed by atoms with van der Waals surface area (Å²) in [7, 11) is 0. The van der Waals surface area contributed by atoms with Gasteiger partial charge in [-0.25, -0.2) is 0 Å². The second-order valence-electron chi connectivity index (χ2n) is 2.57. The molecule has 2 aromatic rings. The van der Waals surface area contributed by atoms with E-state index in [0.717, 1.165) is 4.90 Å². The highest BCUT2D eigenvalue weighted by Crippen LogP contribution is 2.38. The minimum absolute atomic E-state index is 1.10. The normalized spacial score (nSPS) is 11.0. The molecule has 1 aromatic heterocycles. The van der Waals surface area contributed by atoms with Crippen molar-refractivity contribution in [2.45, 2.75) is 9.79 Å². The van der Waals surface area contributed by atoms with Gasteiger partial charge in [-0.05, 0) is 41.0 Å². The number of hydrogen-bond donors (Lipinski definition) is 1. The fourth-order valence-electron chi connectivity index (χ4n) is 1.26. The average Bonchev–Trinajstić information content (AvgIpc) is 2.49. The summed E-state index contributed by atoms with van der Waals surface area (Å²) in [6.45, 7) is 0. The SMILES string of the molecule is CSc1c(I)ccc2scc(S)c12. The zero-order valence-corrected chi connectivity index (χ0v) is 11.6. The van der Waals surface area contributed by atoms with Crippen molar-refractivity contribution < 1.29 is 0 Å². The summed E-state index contributed by atoms with van der Waals surface area (Å²) in [5.41, 5.74) is 0. The molecule has 0 aliphatic heterocycles. The highest BCUT2D eigenvalue weighted by Gasteiger charge is 2.08. The smallest absolute Gasteiger partial charge is 0.0366 e. The van der Waals surface area contributed by atoms with Gasteiger partial charge in [0.05, 0.1) is 0 Å². The van der Waals surface area contributed by atoms with E-state index in [1.165, 1.54) is 18.6 Å². The topological polar surface area (TPSA) is 0 Å². The van der Waals surface area contributed by atoms with Crippen LogP contribution in [0.1, 0.15) is 0 Å². The highest BCUT2D eigenvalue weighted by molar-refractivity contribution is 14.1. The average molecular weight is 338 g/mol. The summed E-state index contributed by atoms with van der Waals surface area (Å²) in [6.07, 6.45) is 2.11. The lowest BCUT2D eigenvalue weighted by Gasteiger charge is -2.03. The molecule has 0 saturated carbocycles. The van der Waals surface area contributed by atoms with Crippen molar-refractivity contribution in [3.8, 4) is 0 Å². The van der Waals surface area contributed by atoms with Crippen molar-refractivity contribution >= 4 is 68.4 Å². The van der Waals surface area contributed by atoms with Crippen molar-refractivity contribution in [3.63, 3.8) is 0 Å². The van der Waals surface area contributed by atoms with Crippen LogP contribution in [0.15, 0.2) is 27.3 Å². The first-order valence-corrected chi connectivity index (χ1v) is 7.29. The van der Waals surface area contributed by atoms with Gasteiger partial charge in [0.1, 0.15) is 0 Å². The van der Waals surface area contributed by atoms with Gasteiger partial charge in [0.15, 0.2) is 0 Å². The molecule has 2 rings (SSSR count). The van der Waals surface area contributed by atoms with Gasteiger partial charge >= 0.3 is 0 Å². The zero-order valence-electron chi connectivity index (χ0n) is 6.87. The highest BCUT2D eigenvalue weighted by atomic mass is 127. The molecule has 0 amide bonds. The Kier molecular flexibility index (Phi) is 3.12. The molecule has 0 nitrogen and oxygen atoms in total. The Morgan fingerprint density at radius 1 is 1.46 bits per heavy atom. The molecular formula is C9H7IS3. The van der Waals surface area contributed by atoms with E-state index in [-0.39, 0.29) is 0 Å². The van der Waals surface area contributed by atoms with Crippen LogP contribution >= 0.6 is 58.3 Å². The van der Waals surface area contributed by atoms with E-state index < -0.39 is 0 Å². The van der Waals surface area contributed by atoms with Crippen LogP contribution in [0.4, 0.5) is 0 Å². The zero-order chi connectivity index (χ0) is 9.42. The molecule has 0 atom stereocenters. The lowest BCUT2D eigenvalue weighted by atomic mass is 10.3. The van der Waals surface area contributed by atoms with Crippen molar-refractivity contribution in [2.24, 2.45) is 0 Å². The Hall–Kier alpha value is 0.610. The van der Waals surface area contributed by atoms with Gasteiger partial charge in [0.25, 0.3) is 0 Å². The maximum absolute atomic E-state index is 4.47. The quantitative estimate of drug-likeness (QED) is 0.453. The van der Waals surface area contributed by atoms with E-state index in [9.17, 15) is 0 Å². The Bertz CT molecular complexity index is 447. The van der Waals surface area contributed by atoms with Gasteiger partial charge in [-0.1, -0.05) is 0 Å². The van der Waals surface area contributed by atoms with Gasteiger partial charge in [-0.15, -0.1) is 35.7 Å². The largest absolute Gasteiger partial charge is 0.143 e. The number of hydrogen-bond acceptors (Lipinski definition) is 3. The van der Waals surface area contributed by atoms with Crippen molar-refractivity contribution in [3.05, 3.63) is 21.1 Å². The Balaban J connectivity index is 2.88. The molecule has 0 radical (unpaired) electrons. The second-order valence-corrected chi connectivity index (χ2v) is 5.95. The molecule has 4 heteroatoms. The molecule has 68 valence electrons. The van der Waals surface area contributed by atoms with E-state index >= 15 is 0 Å². The van der Waals surface area contributed by atoms with Gasteiger partial charge in [-0.2, -0.15) is 0 Å². The van der Waals surface area contributed by atoms with Crippen LogP contribution in [0, 0.1) is 3.57 Å². The fourth-order valence-corrected chi connectivity index (χ4v) is 4.49. The predicted molar refractivity (Wildman–Crippen MR) is 73.6 cm³/mol. The molecule has 0 N–H and O–H groups in total. The van der Waals surface area contributed by atoms with E-state index in [0.29, 0.717) is 0 Å². The molecule has 0 unspecified atom stereocenters. The lowest BCUT2D eigenvalue weighted by molar-refractivity contribution is 1.45. The number of thioether (sulfide) groups is 1. The Morgan fingerprint density at radius 3 is 2.92 bits per heavy atom. The first kappa shape index (κ1) is 10.1. The minimum atomic E-state index is 1.10. The van der Waals surface area contributed by atoms with E-state index in [1.807, 2.05) is 0 Å². The third kappa shape index (κ3) is 1.73. The summed E-state index contributed by atoms with van der Waals surface area (Å²) < 4.78 is 2.64. The summed E-state index contributed by atoms with van der Waals surface area (Å²) in [5.74, 6) is 0. The molecule has 0 aliphatic rings. The monoisotopic (exact) mass is 338 g/mol. The number of fused-ring (bicyclic) bond motifs is 1. The van der Waals surface area contributed by atoms with Crippen LogP contribution in [-0.4, -0.2) is 6.26 Å². The Morgan fingerprint density at radius 2 is 2.23 bits per heavy atom. The van der Waals surface area contributed by atoms with Gasteiger partial charge < -0.3 is 0 Å². The number of halogens is 1. The fraction of sp³-hybridized carbons (Fsp3) is 0.111. The van der Waals surface area contributed by atoms with Gasteiger partial charge in [-0.3, -0.25) is 0 Å². The molecule has 0 bridgehead atoms. The summed E-state index contributed by atoms with van der Waals surface area (Å²) in [4.78, 5) is 2.45. The molecular weight excluding hydrogens is 331 g/mol. The van der Waals surface area contributed by atoms with Gasteiger partial charge in [0, 0.05) is 28.8 Å². The first-order valence-electron chi connectivity index (χ1n) is 3.66. The number of thiol groups is 1. The van der Waals surface area contributed by atoms with Crippen molar-refractivity contribution in [2.75, 3.05) is 6.26 Å². The summed E-state index contributed by atoms with van der Waals surface area (Å²) >= 11 is 10.4. The van der Waals surface area contributed by atoms with E-state index in [1.54, 1.807) is 23.1 Å².